The lowest BCUT2D eigenvalue weighted by Gasteiger charge is -2.09. The molecule has 96 valence electrons. The summed E-state index contributed by atoms with van der Waals surface area (Å²) < 4.78 is 2.07. The van der Waals surface area contributed by atoms with Crippen LogP contribution < -0.4 is 5.32 Å². The van der Waals surface area contributed by atoms with Crippen molar-refractivity contribution in [2.24, 2.45) is 0 Å². The molecule has 0 spiro atoms. The zero-order chi connectivity index (χ0) is 13.1. The molecule has 0 unspecified atom stereocenters. The van der Waals surface area contributed by atoms with Crippen LogP contribution in [0.1, 0.15) is 19.4 Å². The van der Waals surface area contributed by atoms with Crippen LogP contribution in [0.25, 0.3) is 11.4 Å². The number of halogens is 1. The van der Waals surface area contributed by atoms with E-state index in [4.69, 9.17) is 11.6 Å². The second-order valence-electron chi connectivity index (χ2n) is 4.08. The summed E-state index contributed by atoms with van der Waals surface area (Å²) in [6.07, 6.45) is 0. The Kier molecular flexibility index (Phi) is 3.87. The summed E-state index contributed by atoms with van der Waals surface area (Å²) in [6.45, 7) is 7.81. The highest BCUT2D eigenvalue weighted by Gasteiger charge is 2.13. The smallest absolute Gasteiger partial charge is 0.224 e. The van der Waals surface area contributed by atoms with Crippen molar-refractivity contribution in [1.29, 1.82) is 0 Å². The first kappa shape index (κ1) is 12.9. The topological polar surface area (TPSA) is 42.7 Å². The lowest BCUT2D eigenvalue weighted by Crippen LogP contribution is -2.07. The minimum Gasteiger partial charge on any atom is -0.355 e. The van der Waals surface area contributed by atoms with Gasteiger partial charge in [0.2, 0.25) is 5.95 Å². The molecule has 0 fully saturated rings. The number of benzene rings is 1. The Morgan fingerprint density at radius 2 is 2.06 bits per heavy atom. The van der Waals surface area contributed by atoms with Crippen LogP contribution in [0.2, 0.25) is 5.02 Å². The third-order valence-corrected chi connectivity index (χ3v) is 3.07. The van der Waals surface area contributed by atoms with Gasteiger partial charge < -0.3 is 5.32 Å². The van der Waals surface area contributed by atoms with Gasteiger partial charge in [0.25, 0.3) is 0 Å². The Hall–Kier alpha value is -1.55. The van der Waals surface area contributed by atoms with E-state index in [9.17, 15) is 0 Å². The van der Waals surface area contributed by atoms with Gasteiger partial charge in [0.05, 0.1) is 0 Å². The molecule has 18 heavy (non-hydrogen) atoms. The lowest BCUT2D eigenvalue weighted by molar-refractivity contribution is 0.770. The van der Waals surface area contributed by atoms with Crippen LogP contribution in [0.4, 0.5) is 5.95 Å². The molecule has 1 N–H and O–H groups in total. The Morgan fingerprint density at radius 1 is 1.28 bits per heavy atom. The van der Waals surface area contributed by atoms with Gasteiger partial charge in [0.15, 0.2) is 5.82 Å². The predicted molar refractivity (Wildman–Crippen MR) is 75.0 cm³/mol. The van der Waals surface area contributed by atoms with Gasteiger partial charge in [-0.2, -0.15) is 0 Å². The van der Waals surface area contributed by atoms with Crippen molar-refractivity contribution < 1.29 is 0 Å². The summed E-state index contributed by atoms with van der Waals surface area (Å²) in [5.41, 5.74) is 2.17. The molecule has 0 aliphatic heterocycles. The van der Waals surface area contributed by atoms with Gasteiger partial charge in [-0.3, -0.25) is 4.57 Å². The van der Waals surface area contributed by atoms with Crippen molar-refractivity contribution >= 4 is 17.5 Å². The van der Waals surface area contributed by atoms with Crippen LogP contribution in [0.3, 0.4) is 0 Å². The maximum atomic E-state index is 5.98. The van der Waals surface area contributed by atoms with Crippen LogP contribution in [0, 0.1) is 6.92 Å². The standard InChI is InChI=1S/C13H17ClN4/c1-4-15-13-17-16-12(18(13)5-2)11-7-6-10(14)8-9(11)3/h6-8H,4-5H2,1-3H3,(H,15,17). The highest BCUT2D eigenvalue weighted by Crippen LogP contribution is 2.26. The van der Waals surface area contributed by atoms with Crippen molar-refractivity contribution in [3.8, 4) is 11.4 Å². The third kappa shape index (κ3) is 2.34. The zero-order valence-electron chi connectivity index (χ0n) is 10.9. The number of aryl methyl sites for hydroxylation is 1. The van der Waals surface area contributed by atoms with E-state index in [2.05, 4.69) is 27.0 Å². The first-order chi connectivity index (χ1) is 8.67. The van der Waals surface area contributed by atoms with Gasteiger partial charge in [-0.05, 0) is 44.5 Å². The quantitative estimate of drug-likeness (QED) is 0.921. The minimum absolute atomic E-state index is 0.741. The molecule has 0 radical (unpaired) electrons. The van der Waals surface area contributed by atoms with Crippen molar-refractivity contribution in [1.82, 2.24) is 14.8 Å². The third-order valence-electron chi connectivity index (χ3n) is 2.83. The molecule has 0 atom stereocenters. The molecule has 1 heterocycles. The maximum Gasteiger partial charge on any atom is 0.224 e. The van der Waals surface area contributed by atoms with E-state index in [1.54, 1.807) is 0 Å². The normalized spacial score (nSPS) is 10.7. The summed E-state index contributed by atoms with van der Waals surface area (Å²) in [5.74, 6) is 1.69. The first-order valence-electron chi connectivity index (χ1n) is 6.11. The number of hydrogen-bond donors (Lipinski definition) is 1. The molecule has 1 aromatic carbocycles. The fraction of sp³-hybridized carbons (Fsp3) is 0.385. The lowest BCUT2D eigenvalue weighted by atomic mass is 10.1. The van der Waals surface area contributed by atoms with Gasteiger partial charge >= 0.3 is 0 Å². The second kappa shape index (κ2) is 5.40. The molecule has 0 saturated heterocycles. The summed E-state index contributed by atoms with van der Waals surface area (Å²) in [6, 6.07) is 5.81. The summed E-state index contributed by atoms with van der Waals surface area (Å²) in [4.78, 5) is 0. The van der Waals surface area contributed by atoms with Crippen molar-refractivity contribution in [2.75, 3.05) is 11.9 Å². The highest BCUT2D eigenvalue weighted by atomic mass is 35.5. The Labute approximate surface area is 112 Å². The van der Waals surface area contributed by atoms with Crippen LogP contribution in [-0.2, 0) is 6.54 Å². The second-order valence-corrected chi connectivity index (χ2v) is 4.52. The molecule has 2 rings (SSSR count). The number of aromatic nitrogens is 3. The van der Waals surface area contributed by atoms with Crippen molar-refractivity contribution in [3.63, 3.8) is 0 Å². The van der Waals surface area contributed by atoms with Crippen LogP contribution in [0.5, 0.6) is 0 Å². The van der Waals surface area contributed by atoms with Gasteiger partial charge in [0.1, 0.15) is 0 Å². The Morgan fingerprint density at radius 3 is 2.67 bits per heavy atom. The van der Waals surface area contributed by atoms with Crippen molar-refractivity contribution in [3.05, 3.63) is 28.8 Å². The SMILES string of the molecule is CCNc1nnc(-c2ccc(Cl)cc2C)n1CC. The average molecular weight is 265 g/mol. The van der Waals surface area contributed by atoms with E-state index >= 15 is 0 Å². The van der Waals surface area contributed by atoms with Crippen molar-refractivity contribution in [2.45, 2.75) is 27.3 Å². The Balaban J connectivity index is 2.50. The van der Waals surface area contributed by atoms with Gasteiger partial charge in [-0.25, -0.2) is 0 Å². The molecule has 0 saturated carbocycles. The molecular formula is C13H17ClN4. The van der Waals surface area contributed by atoms with E-state index in [-0.39, 0.29) is 0 Å². The highest BCUT2D eigenvalue weighted by molar-refractivity contribution is 6.30. The Bertz CT molecular complexity index is 548. The number of nitrogens with one attached hydrogen (secondary N) is 1. The largest absolute Gasteiger partial charge is 0.355 e. The fourth-order valence-electron chi connectivity index (χ4n) is 1.97. The molecule has 2 aromatic rings. The van der Waals surface area contributed by atoms with Gasteiger partial charge in [-0.1, -0.05) is 11.6 Å². The van der Waals surface area contributed by atoms with Crippen LogP contribution in [0.15, 0.2) is 18.2 Å². The maximum absolute atomic E-state index is 5.98. The number of hydrogen-bond acceptors (Lipinski definition) is 3. The predicted octanol–water partition coefficient (Wildman–Crippen LogP) is 3.36. The van der Waals surface area contributed by atoms with Crippen LogP contribution >= 0.6 is 11.6 Å². The van der Waals surface area contributed by atoms with E-state index in [1.165, 1.54) is 0 Å². The van der Waals surface area contributed by atoms with E-state index in [0.29, 0.717) is 0 Å². The number of anilines is 1. The van der Waals surface area contributed by atoms with Gasteiger partial charge in [0, 0.05) is 23.7 Å². The molecule has 0 aliphatic carbocycles. The van der Waals surface area contributed by atoms with Gasteiger partial charge in [-0.15, -0.1) is 10.2 Å². The summed E-state index contributed by atoms with van der Waals surface area (Å²) in [7, 11) is 0. The molecular weight excluding hydrogens is 248 g/mol. The number of rotatable bonds is 4. The molecule has 5 heteroatoms. The molecule has 0 aliphatic rings. The molecule has 4 nitrogen and oxygen atoms in total. The molecule has 1 aromatic heterocycles. The minimum atomic E-state index is 0.741. The average Bonchev–Trinajstić information content (AvgIpc) is 2.72. The summed E-state index contributed by atoms with van der Waals surface area (Å²) >= 11 is 5.98. The summed E-state index contributed by atoms with van der Waals surface area (Å²) in [5, 5.41) is 12.4. The molecule has 0 amide bonds. The first-order valence-corrected chi connectivity index (χ1v) is 6.48. The monoisotopic (exact) mass is 264 g/mol. The van der Waals surface area contributed by atoms with E-state index in [1.807, 2.05) is 32.0 Å². The zero-order valence-corrected chi connectivity index (χ0v) is 11.6. The fourth-order valence-corrected chi connectivity index (χ4v) is 2.20. The van der Waals surface area contributed by atoms with Crippen LogP contribution in [-0.4, -0.2) is 21.3 Å². The molecule has 0 bridgehead atoms. The number of nitrogens with zero attached hydrogens (tertiary/aromatic N) is 3. The van der Waals surface area contributed by atoms with E-state index in [0.717, 1.165) is 41.0 Å². The van der Waals surface area contributed by atoms with E-state index < -0.39 is 0 Å².